The van der Waals surface area contributed by atoms with E-state index >= 15 is 0 Å². The second-order valence-corrected chi connectivity index (χ2v) is 9.64. The van der Waals surface area contributed by atoms with Crippen molar-refractivity contribution in [3.05, 3.63) is 64.5 Å². The van der Waals surface area contributed by atoms with Crippen molar-refractivity contribution in [1.29, 1.82) is 0 Å². The average molecular weight is 548 g/mol. The smallest absolute Gasteiger partial charge is 0.418 e. The van der Waals surface area contributed by atoms with Gasteiger partial charge in [0.05, 0.1) is 11.6 Å². The molecule has 206 valence electrons. The summed E-state index contributed by atoms with van der Waals surface area (Å²) in [5.74, 6) is -2.51. The molecule has 0 bridgehead atoms. The highest BCUT2D eigenvalue weighted by Gasteiger charge is 2.58. The van der Waals surface area contributed by atoms with Gasteiger partial charge in [0.1, 0.15) is 12.4 Å². The molecule has 5 amide bonds. The molecule has 1 spiro atoms. The van der Waals surface area contributed by atoms with E-state index in [2.05, 4.69) is 10.6 Å². The van der Waals surface area contributed by atoms with Crippen LogP contribution in [0.1, 0.15) is 47.6 Å². The van der Waals surface area contributed by atoms with Crippen LogP contribution in [0.25, 0.3) is 0 Å². The van der Waals surface area contributed by atoms with Gasteiger partial charge in [-0.2, -0.15) is 13.2 Å². The van der Waals surface area contributed by atoms with Crippen molar-refractivity contribution < 1.29 is 41.5 Å². The number of anilines is 1. The summed E-state index contributed by atoms with van der Waals surface area (Å²) < 4.78 is 60.0. The predicted molar refractivity (Wildman–Crippen MR) is 128 cm³/mol. The number of hydrogen-bond donors (Lipinski definition) is 2. The van der Waals surface area contributed by atoms with Crippen molar-refractivity contribution in [2.24, 2.45) is 0 Å². The van der Waals surface area contributed by atoms with E-state index in [0.717, 1.165) is 12.1 Å². The van der Waals surface area contributed by atoms with Crippen LogP contribution < -0.4 is 10.6 Å². The summed E-state index contributed by atoms with van der Waals surface area (Å²) in [4.78, 5) is 53.0. The lowest BCUT2D eigenvalue weighted by molar-refractivity contribution is -0.143. The Kier molecular flexibility index (Phi) is 6.47. The maximum Gasteiger partial charge on any atom is 0.418 e. The minimum absolute atomic E-state index is 0.115. The van der Waals surface area contributed by atoms with Gasteiger partial charge < -0.3 is 20.3 Å². The molecule has 2 aromatic rings. The van der Waals surface area contributed by atoms with Crippen molar-refractivity contribution in [2.75, 3.05) is 25.5 Å². The average Bonchev–Trinajstić information content (AvgIpc) is 3.57. The van der Waals surface area contributed by atoms with Gasteiger partial charge in [0, 0.05) is 31.3 Å². The number of rotatable bonds is 4. The zero-order valence-corrected chi connectivity index (χ0v) is 20.7. The van der Waals surface area contributed by atoms with E-state index in [0.29, 0.717) is 40.6 Å². The molecule has 2 saturated heterocycles. The van der Waals surface area contributed by atoms with Crippen LogP contribution in [0.4, 0.5) is 32.8 Å². The molecular weight excluding hydrogens is 524 g/mol. The second kappa shape index (κ2) is 9.54. The molecule has 2 heterocycles. The summed E-state index contributed by atoms with van der Waals surface area (Å²) in [6.07, 6.45) is -4.74. The number of fused-ring (bicyclic) bond motifs is 2. The first-order chi connectivity index (χ1) is 18.4. The van der Waals surface area contributed by atoms with Gasteiger partial charge >= 0.3 is 18.3 Å². The number of urea groups is 1. The van der Waals surface area contributed by atoms with E-state index in [9.17, 15) is 36.7 Å². The van der Waals surface area contributed by atoms with Crippen molar-refractivity contribution >= 4 is 29.6 Å². The minimum Gasteiger partial charge on any atom is -0.427 e. The number of imide groups is 1. The Balaban J connectivity index is 1.36. The molecule has 0 radical (unpaired) electrons. The first-order valence-electron chi connectivity index (χ1n) is 12.3. The maximum atomic E-state index is 13.6. The van der Waals surface area contributed by atoms with E-state index in [-0.39, 0.29) is 24.9 Å². The fraction of sp³-hybridized carbons (Fsp3) is 0.385. The Morgan fingerprint density at radius 3 is 2.64 bits per heavy atom. The molecule has 3 aliphatic rings. The molecule has 2 aromatic carbocycles. The summed E-state index contributed by atoms with van der Waals surface area (Å²) in [7, 11) is 1.46. The fourth-order valence-electron chi connectivity index (χ4n) is 5.60. The quantitative estimate of drug-likeness (QED) is 0.560. The lowest BCUT2D eigenvalue weighted by atomic mass is 9.94. The van der Waals surface area contributed by atoms with E-state index in [1.54, 1.807) is 18.2 Å². The van der Waals surface area contributed by atoms with Crippen LogP contribution in [-0.4, -0.2) is 53.9 Å². The zero-order valence-electron chi connectivity index (χ0n) is 20.7. The van der Waals surface area contributed by atoms with Gasteiger partial charge in [0.25, 0.3) is 5.91 Å². The molecule has 9 nitrogen and oxygen atoms in total. The number of carbonyl (C=O) groups is 4. The zero-order chi connectivity index (χ0) is 28.1. The van der Waals surface area contributed by atoms with Gasteiger partial charge in [-0.05, 0) is 54.7 Å². The lowest BCUT2D eigenvalue weighted by Gasteiger charge is -2.28. The van der Waals surface area contributed by atoms with E-state index in [1.165, 1.54) is 11.9 Å². The van der Waals surface area contributed by atoms with Gasteiger partial charge in [-0.3, -0.25) is 9.59 Å². The molecule has 1 aliphatic carbocycles. The van der Waals surface area contributed by atoms with Crippen LogP contribution in [0.2, 0.25) is 0 Å². The van der Waals surface area contributed by atoms with Gasteiger partial charge in [-0.1, -0.05) is 12.1 Å². The summed E-state index contributed by atoms with van der Waals surface area (Å²) in [6.45, 7) is -0.589. The number of ether oxygens (including phenoxy) is 1. The Bertz CT molecular complexity index is 1380. The van der Waals surface area contributed by atoms with E-state index in [4.69, 9.17) is 4.74 Å². The highest BCUT2D eigenvalue weighted by molar-refractivity contribution is 6.06. The van der Waals surface area contributed by atoms with Crippen molar-refractivity contribution in [1.82, 2.24) is 15.1 Å². The lowest BCUT2D eigenvalue weighted by Crippen LogP contribution is -2.44. The number of benzene rings is 2. The van der Waals surface area contributed by atoms with Gasteiger partial charge in [-0.15, -0.1) is 0 Å². The Morgan fingerprint density at radius 1 is 1.15 bits per heavy atom. The van der Waals surface area contributed by atoms with Crippen LogP contribution in [-0.2, 0) is 32.5 Å². The molecular formula is C26H24F4N4O5. The number of nitrogens with zero attached hydrogens (tertiary/aromatic N) is 2. The molecule has 0 aromatic heterocycles. The SMILES string of the molecule is CNC(=O)Nc1ccc2c(c1)CCC21OC(=O)N(CC(=O)N2CCC[C@H]2c2ccc(F)cc2C(F)(F)F)C1=O. The molecule has 13 heteroatoms. The first kappa shape index (κ1) is 26.4. The summed E-state index contributed by atoms with van der Waals surface area (Å²) in [5, 5.41) is 5.05. The van der Waals surface area contributed by atoms with Crippen molar-refractivity contribution in [3.8, 4) is 0 Å². The molecule has 2 N–H and O–H groups in total. The Labute approximate surface area is 220 Å². The number of aryl methyl sites for hydroxylation is 1. The molecule has 39 heavy (non-hydrogen) atoms. The van der Waals surface area contributed by atoms with E-state index < -0.39 is 59.7 Å². The summed E-state index contributed by atoms with van der Waals surface area (Å²) in [5.41, 5.74) is -1.42. The topological polar surface area (TPSA) is 108 Å². The maximum absolute atomic E-state index is 13.6. The van der Waals surface area contributed by atoms with Crippen molar-refractivity contribution in [3.63, 3.8) is 0 Å². The number of hydrogen-bond acceptors (Lipinski definition) is 5. The minimum atomic E-state index is -4.83. The van der Waals surface area contributed by atoms with Gasteiger partial charge in [-0.25, -0.2) is 18.9 Å². The molecule has 0 saturated carbocycles. The number of alkyl halides is 3. The van der Waals surface area contributed by atoms with Gasteiger partial charge in [0.15, 0.2) is 0 Å². The summed E-state index contributed by atoms with van der Waals surface area (Å²) >= 11 is 0. The molecule has 2 fully saturated rings. The Morgan fingerprint density at radius 2 is 1.92 bits per heavy atom. The normalized spacial score (nSPS) is 22.3. The van der Waals surface area contributed by atoms with Crippen LogP contribution in [0.5, 0.6) is 0 Å². The number of carbonyl (C=O) groups excluding carboxylic acids is 4. The predicted octanol–water partition coefficient (Wildman–Crippen LogP) is 4.08. The third kappa shape index (κ3) is 4.55. The fourth-order valence-corrected chi connectivity index (χ4v) is 5.60. The monoisotopic (exact) mass is 548 g/mol. The number of nitrogens with one attached hydrogen (secondary N) is 2. The molecule has 2 atom stereocenters. The largest absolute Gasteiger partial charge is 0.427 e. The second-order valence-electron chi connectivity index (χ2n) is 9.64. The van der Waals surface area contributed by atoms with Crippen LogP contribution in [0.3, 0.4) is 0 Å². The van der Waals surface area contributed by atoms with Gasteiger partial charge in [0.2, 0.25) is 11.5 Å². The highest BCUT2D eigenvalue weighted by Crippen LogP contribution is 2.46. The number of likely N-dealkylation sites (tertiary alicyclic amines) is 1. The standard InChI is InChI=1S/C26H24F4N4O5/c1-31-23(37)32-16-5-7-18-14(11-16)8-9-25(18)22(36)34(24(38)39-25)13-21(35)33-10-2-3-20(33)17-6-4-15(27)12-19(17)26(28,29)30/h4-7,11-12,20H,2-3,8-10,13H2,1H3,(H2,31,32,37)/t20-,25?/m0/s1. The molecule has 5 rings (SSSR count). The number of amides is 5. The van der Waals surface area contributed by atoms with Crippen LogP contribution >= 0.6 is 0 Å². The highest BCUT2D eigenvalue weighted by atomic mass is 19.4. The Hall–Kier alpha value is -4.16. The molecule has 2 aliphatic heterocycles. The van der Waals surface area contributed by atoms with Crippen molar-refractivity contribution in [2.45, 2.75) is 43.5 Å². The van der Waals surface area contributed by atoms with Crippen LogP contribution in [0.15, 0.2) is 36.4 Å². The van der Waals surface area contributed by atoms with Crippen LogP contribution in [0, 0.1) is 5.82 Å². The number of halogens is 4. The summed E-state index contributed by atoms with van der Waals surface area (Å²) in [6, 6.07) is 5.71. The molecule has 1 unspecified atom stereocenters. The van der Waals surface area contributed by atoms with E-state index in [1.807, 2.05) is 0 Å². The third-order valence-electron chi connectivity index (χ3n) is 7.39. The first-order valence-corrected chi connectivity index (χ1v) is 12.3. The third-order valence-corrected chi connectivity index (χ3v) is 7.39.